The van der Waals surface area contributed by atoms with Gasteiger partial charge in [0.05, 0.1) is 34.2 Å². The summed E-state index contributed by atoms with van der Waals surface area (Å²) >= 11 is 0. The molecule has 0 radical (unpaired) electrons. The first-order valence-corrected chi connectivity index (χ1v) is 9.25. The number of fused-ring (bicyclic) bond motifs is 1. The van der Waals surface area contributed by atoms with Crippen molar-refractivity contribution in [2.24, 2.45) is 0 Å². The van der Waals surface area contributed by atoms with Crippen molar-refractivity contribution in [1.82, 2.24) is 5.32 Å². The normalized spacial score (nSPS) is 12.1. The summed E-state index contributed by atoms with van der Waals surface area (Å²) in [5, 5.41) is 5.45. The molecular formula is C23H27N2O2+. The second kappa shape index (κ2) is 8.69. The Hall–Kier alpha value is -2.85. The van der Waals surface area contributed by atoms with E-state index in [1.165, 1.54) is 15.8 Å². The molecule has 4 nitrogen and oxygen atoms in total. The minimum Gasteiger partial charge on any atom is -0.497 e. The highest BCUT2D eigenvalue weighted by Crippen LogP contribution is 2.17. The molecule has 0 aliphatic carbocycles. The summed E-state index contributed by atoms with van der Waals surface area (Å²) in [7, 11) is 5.87. The Morgan fingerprint density at radius 3 is 2.37 bits per heavy atom. The Kier molecular flexibility index (Phi) is 6.09. The van der Waals surface area contributed by atoms with Crippen LogP contribution < -0.4 is 15.0 Å². The number of benzene rings is 3. The Balaban J connectivity index is 1.62. The van der Waals surface area contributed by atoms with Gasteiger partial charge in [-0.3, -0.25) is 4.79 Å². The fourth-order valence-corrected chi connectivity index (χ4v) is 3.30. The van der Waals surface area contributed by atoms with E-state index in [4.69, 9.17) is 4.74 Å². The molecule has 0 saturated carbocycles. The maximum Gasteiger partial charge on any atom is 0.224 e. The zero-order valence-electron chi connectivity index (χ0n) is 16.2. The standard InChI is InChI=1S/C23H26N2O2/c1-25(2)22(19-10-12-21(27-3)13-11-19)16-24-23(26)15-17-8-9-18-6-4-5-7-20(18)14-17/h4-14,22H,15-16H2,1-3H3,(H,24,26)/p+1/t22-/m1/s1. The van der Waals surface area contributed by atoms with Gasteiger partial charge in [-0.05, 0) is 40.6 Å². The molecule has 4 heteroatoms. The van der Waals surface area contributed by atoms with Crippen molar-refractivity contribution in [2.75, 3.05) is 27.7 Å². The minimum atomic E-state index is 0.0463. The number of ether oxygens (including phenoxy) is 1. The fourth-order valence-electron chi connectivity index (χ4n) is 3.30. The first-order chi connectivity index (χ1) is 13.1. The third-order valence-corrected chi connectivity index (χ3v) is 4.90. The zero-order valence-corrected chi connectivity index (χ0v) is 16.2. The third kappa shape index (κ3) is 4.86. The summed E-state index contributed by atoms with van der Waals surface area (Å²) in [5.41, 5.74) is 2.21. The Morgan fingerprint density at radius 1 is 1.00 bits per heavy atom. The van der Waals surface area contributed by atoms with E-state index >= 15 is 0 Å². The highest BCUT2D eigenvalue weighted by molar-refractivity contribution is 5.85. The molecule has 0 fully saturated rings. The van der Waals surface area contributed by atoms with Gasteiger partial charge < -0.3 is 15.0 Å². The van der Waals surface area contributed by atoms with Crippen LogP contribution >= 0.6 is 0 Å². The predicted octanol–water partition coefficient (Wildman–Crippen LogP) is 2.39. The van der Waals surface area contributed by atoms with Crippen molar-refractivity contribution in [3.63, 3.8) is 0 Å². The van der Waals surface area contributed by atoms with Crippen molar-refractivity contribution in [1.29, 1.82) is 0 Å². The van der Waals surface area contributed by atoms with Crippen molar-refractivity contribution < 1.29 is 14.4 Å². The first-order valence-electron chi connectivity index (χ1n) is 9.25. The number of carbonyl (C=O) groups excluding carboxylic acids is 1. The number of hydrogen-bond acceptors (Lipinski definition) is 2. The lowest BCUT2D eigenvalue weighted by Gasteiger charge is -2.22. The zero-order chi connectivity index (χ0) is 19.2. The van der Waals surface area contributed by atoms with Crippen LogP contribution in [0.2, 0.25) is 0 Å². The van der Waals surface area contributed by atoms with Crippen molar-refractivity contribution >= 4 is 16.7 Å². The van der Waals surface area contributed by atoms with Crippen LogP contribution in [0.15, 0.2) is 66.7 Å². The van der Waals surface area contributed by atoms with Gasteiger partial charge in [-0.2, -0.15) is 0 Å². The van der Waals surface area contributed by atoms with Crippen LogP contribution in [0.4, 0.5) is 0 Å². The number of methoxy groups -OCH3 is 1. The summed E-state index contributed by atoms with van der Waals surface area (Å²) in [6, 6.07) is 22.6. The average Bonchev–Trinajstić information content (AvgIpc) is 2.68. The highest BCUT2D eigenvalue weighted by Gasteiger charge is 2.19. The van der Waals surface area contributed by atoms with E-state index in [1.807, 2.05) is 30.3 Å². The van der Waals surface area contributed by atoms with E-state index in [0.29, 0.717) is 13.0 Å². The van der Waals surface area contributed by atoms with Gasteiger partial charge in [0.1, 0.15) is 11.8 Å². The second-order valence-corrected chi connectivity index (χ2v) is 7.07. The Labute approximate surface area is 160 Å². The number of carbonyl (C=O) groups is 1. The number of hydrogen-bond donors (Lipinski definition) is 2. The van der Waals surface area contributed by atoms with Gasteiger partial charge in [0.15, 0.2) is 0 Å². The van der Waals surface area contributed by atoms with Crippen LogP contribution in [0.25, 0.3) is 10.8 Å². The van der Waals surface area contributed by atoms with Crippen LogP contribution in [0, 0.1) is 0 Å². The summed E-state index contributed by atoms with van der Waals surface area (Å²) in [4.78, 5) is 13.7. The third-order valence-electron chi connectivity index (χ3n) is 4.90. The largest absolute Gasteiger partial charge is 0.497 e. The summed E-state index contributed by atoms with van der Waals surface area (Å²) in [6.07, 6.45) is 0.392. The van der Waals surface area contributed by atoms with Gasteiger partial charge in [-0.1, -0.05) is 42.5 Å². The molecular weight excluding hydrogens is 336 g/mol. The van der Waals surface area contributed by atoms with Crippen molar-refractivity contribution in [2.45, 2.75) is 12.5 Å². The van der Waals surface area contributed by atoms with Crippen LogP contribution in [-0.2, 0) is 11.2 Å². The smallest absolute Gasteiger partial charge is 0.224 e. The summed E-state index contributed by atoms with van der Waals surface area (Å²) in [5.74, 6) is 0.886. The number of likely N-dealkylation sites (N-methyl/N-ethyl adjacent to an activating group) is 1. The number of amides is 1. The van der Waals surface area contributed by atoms with E-state index in [9.17, 15) is 4.79 Å². The van der Waals surface area contributed by atoms with E-state index in [0.717, 1.165) is 16.7 Å². The maximum atomic E-state index is 12.5. The fraction of sp³-hybridized carbons (Fsp3) is 0.261. The molecule has 0 spiro atoms. The SMILES string of the molecule is COc1ccc([C@@H](CNC(=O)Cc2ccc3ccccc3c2)[NH+](C)C)cc1. The van der Waals surface area contributed by atoms with Gasteiger partial charge in [0.25, 0.3) is 0 Å². The molecule has 0 aromatic heterocycles. The molecule has 0 saturated heterocycles. The lowest BCUT2D eigenvalue weighted by molar-refractivity contribution is -0.890. The second-order valence-electron chi connectivity index (χ2n) is 7.07. The summed E-state index contributed by atoms with van der Waals surface area (Å²) in [6.45, 7) is 0.598. The Bertz CT molecular complexity index is 904. The van der Waals surface area contributed by atoms with Crippen LogP contribution in [0.3, 0.4) is 0 Å². The Morgan fingerprint density at radius 2 is 1.70 bits per heavy atom. The molecule has 0 unspecified atom stereocenters. The molecule has 3 aromatic rings. The molecule has 140 valence electrons. The van der Waals surface area contributed by atoms with E-state index in [-0.39, 0.29) is 11.9 Å². The quantitative estimate of drug-likeness (QED) is 0.677. The predicted molar refractivity (Wildman–Crippen MR) is 109 cm³/mol. The lowest BCUT2D eigenvalue weighted by atomic mass is 10.0. The number of quaternary nitrogens is 1. The van der Waals surface area contributed by atoms with E-state index in [2.05, 4.69) is 55.8 Å². The lowest BCUT2D eigenvalue weighted by Crippen LogP contribution is -3.07. The number of nitrogens with one attached hydrogen (secondary N) is 2. The average molecular weight is 363 g/mol. The summed E-state index contributed by atoms with van der Waals surface area (Å²) < 4.78 is 5.23. The first kappa shape index (κ1) is 18.9. The monoisotopic (exact) mass is 363 g/mol. The minimum absolute atomic E-state index is 0.0463. The van der Waals surface area contributed by atoms with E-state index in [1.54, 1.807) is 7.11 Å². The van der Waals surface area contributed by atoms with Crippen LogP contribution in [-0.4, -0.2) is 33.7 Å². The molecule has 0 aliphatic rings. The van der Waals surface area contributed by atoms with Gasteiger partial charge in [-0.15, -0.1) is 0 Å². The molecule has 0 aliphatic heterocycles. The van der Waals surface area contributed by atoms with Gasteiger partial charge in [-0.25, -0.2) is 0 Å². The number of rotatable bonds is 7. The molecule has 1 atom stereocenters. The van der Waals surface area contributed by atoms with E-state index < -0.39 is 0 Å². The van der Waals surface area contributed by atoms with Gasteiger partial charge in [0.2, 0.25) is 5.91 Å². The molecule has 0 bridgehead atoms. The maximum absolute atomic E-state index is 12.5. The molecule has 3 aromatic carbocycles. The van der Waals surface area contributed by atoms with Crippen molar-refractivity contribution in [3.8, 4) is 5.75 Å². The molecule has 2 N–H and O–H groups in total. The van der Waals surface area contributed by atoms with Gasteiger partial charge >= 0.3 is 0 Å². The highest BCUT2D eigenvalue weighted by atomic mass is 16.5. The topological polar surface area (TPSA) is 42.8 Å². The molecule has 0 heterocycles. The van der Waals surface area contributed by atoms with Crippen LogP contribution in [0.5, 0.6) is 5.75 Å². The molecule has 3 rings (SSSR count). The van der Waals surface area contributed by atoms with Crippen LogP contribution in [0.1, 0.15) is 17.2 Å². The molecule has 27 heavy (non-hydrogen) atoms. The van der Waals surface area contributed by atoms with Crippen molar-refractivity contribution in [3.05, 3.63) is 77.9 Å². The molecule has 1 amide bonds. The van der Waals surface area contributed by atoms with Gasteiger partial charge in [0, 0.05) is 5.56 Å².